The third-order valence-corrected chi connectivity index (χ3v) is 4.79. The Labute approximate surface area is 115 Å². The van der Waals surface area contributed by atoms with Gasteiger partial charge in [-0.3, -0.25) is 0 Å². The van der Waals surface area contributed by atoms with Gasteiger partial charge in [-0.15, -0.1) is 0 Å². The van der Waals surface area contributed by atoms with Crippen LogP contribution in [0.4, 0.5) is 5.69 Å². The Balaban J connectivity index is 3.06. The maximum absolute atomic E-state index is 12.4. The Morgan fingerprint density at radius 2 is 2.00 bits per heavy atom. The molecule has 19 heavy (non-hydrogen) atoms. The van der Waals surface area contributed by atoms with E-state index in [2.05, 4.69) is 13.8 Å². The first kappa shape index (κ1) is 15.8. The van der Waals surface area contributed by atoms with E-state index in [1.807, 2.05) is 0 Å². The van der Waals surface area contributed by atoms with Gasteiger partial charge in [0.2, 0.25) is 10.0 Å². The number of ether oxygens (including phenoxy) is 1. The summed E-state index contributed by atoms with van der Waals surface area (Å²) in [6, 6.07) is 4.56. The molecule has 0 saturated heterocycles. The fourth-order valence-electron chi connectivity index (χ4n) is 1.63. The van der Waals surface area contributed by atoms with Crippen molar-refractivity contribution in [2.24, 2.45) is 5.92 Å². The first-order chi connectivity index (χ1) is 8.78. The molecule has 1 aromatic rings. The van der Waals surface area contributed by atoms with E-state index in [1.54, 1.807) is 13.1 Å². The van der Waals surface area contributed by atoms with Gasteiger partial charge in [0.1, 0.15) is 10.6 Å². The first-order valence-corrected chi connectivity index (χ1v) is 7.63. The molecule has 1 rings (SSSR count). The molecule has 0 spiro atoms. The van der Waals surface area contributed by atoms with Gasteiger partial charge in [-0.25, -0.2) is 12.7 Å². The highest BCUT2D eigenvalue weighted by Crippen LogP contribution is 2.28. The summed E-state index contributed by atoms with van der Waals surface area (Å²) in [5, 5.41) is 0. The Kier molecular flexibility index (Phi) is 5.20. The van der Waals surface area contributed by atoms with Crippen molar-refractivity contribution in [3.8, 4) is 5.75 Å². The van der Waals surface area contributed by atoms with E-state index in [1.165, 1.54) is 23.5 Å². The molecule has 0 aromatic heterocycles. The summed E-state index contributed by atoms with van der Waals surface area (Å²) in [5.41, 5.74) is 6.11. The third-order valence-electron chi connectivity index (χ3n) is 2.90. The highest BCUT2D eigenvalue weighted by atomic mass is 32.2. The molecule has 0 atom stereocenters. The normalized spacial score (nSPS) is 12.1. The number of nitrogen functional groups attached to an aromatic ring is 1. The van der Waals surface area contributed by atoms with Crippen LogP contribution >= 0.6 is 0 Å². The maximum atomic E-state index is 12.4. The van der Waals surface area contributed by atoms with E-state index < -0.39 is 10.0 Å². The molecule has 5 nitrogen and oxygen atoms in total. The van der Waals surface area contributed by atoms with Gasteiger partial charge in [-0.05, 0) is 24.5 Å². The van der Waals surface area contributed by atoms with Crippen LogP contribution in [0.3, 0.4) is 0 Å². The van der Waals surface area contributed by atoms with Crippen LogP contribution in [0.25, 0.3) is 0 Å². The minimum Gasteiger partial charge on any atom is -0.495 e. The predicted octanol–water partition coefficient (Wildman–Crippen LogP) is 1.94. The van der Waals surface area contributed by atoms with Gasteiger partial charge >= 0.3 is 0 Å². The zero-order valence-corrected chi connectivity index (χ0v) is 12.7. The minimum absolute atomic E-state index is 0.149. The lowest BCUT2D eigenvalue weighted by Crippen LogP contribution is -2.29. The summed E-state index contributed by atoms with van der Waals surface area (Å²) in [4.78, 5) is 0.149. The Hall–Kier alpha value is -1.27. The van der Waals surface area contributed by atoms with Crippen molar-refractivity contribution in [1.82, 2.24) is 4.31 Å². The number of hydrogen-bond donors (Lipinski definition) is 1. The quantitative estimate of drug-likeness (QED) is 0.811. The standard InChI is InChI=1S/C13H22N2O3S/c1-10(2)7-8-15(3)19(16,17)13-6-5-11(14)9-12(13)18-4/h5-6,9-10H,7-8,14H2,1-4H3. The van der Waals surface area contributed by atoms with E-state index in [0.29, 0.717) is 18.2 Å². The van der Waals surface area contributed by atoms with Gasteiger partial charge in [0.05, 0.1) is 7.11 Å². The number of methoxy groups -OCH3 is 1. The van der Waals surface area contributed by atoms with Crippen LogP contribution in [-0.4, -0.2) is 33.4 Å². The van der Waals surface area contributed by atoms with Gasteiger partial charge in [0.15, 0.2) is 0 Å². The van der Waals surface area contributed by atoms with Crippen LogP contribution in [-0.2, 0) is 10.0 Å². The molecular formula is C13H22N2O3S. The summed E-state index contributed by atoms with van der Waals surface area (Å²) in [7, 11) is -0.532. The Morgan fingerprint density at radius 1 is 1.37 bits per heavy atom. The number of anilines is 1. The lowest BCUT2D eigenvalue weighted by Gasteiger charge is -2.19. The van der Waals surface area contributed by atoms with Crippen LogP contribution < -0.4 is 10.5 Å². The summed E-state index contributed by atoms with van der Waals surface area (Å²) in [6.07, 6.45) is 0.813. The average Bonchev–Trinajstić information content (AvgIpc) is 2.35. The highest BCUT2D eigenvalue weighted by molar-refractivity contribution is 7.89. The monoisotopic (exact) mass is 286 g/mol. The Morgan fingerprint density at radius 3 is 2.53 bits per heavy atom. The van der Waals surface area contributed by atoms with Gasteiger partial charge in [-0.1, -0.05) is 13.8 Å². The molecule has 108 valence electrons. The molecule has 0 aliphatic heterocycles. The molecule has 2 N–H and O–H groups in total. The second-order valence-corrected chi connectivity index (χ2v) is 6.93. The molecule has 6 heteroatoms. The highest BCUT2D eigenvalue weighted by Gasteiger charge is 2.24. The zero-order chi connectivity index (χ0) is 14.6. The number of sulfonamides is 1. The maximum Gasteiger partial charge on any atom is 0.246 e. The molecule has 1 aromatic carbocycles. The topological polar surface area (TPSA) is 72.6 Å². The summed E-state index contributed by atoms with van der Waals surface area (Å²) >= 11 is 0. The van der Waals surface area contributed by atoms with E-state index >= 15 is 0 Å². The van der Waals surface area contributed by atoms with Crippen LogP contribution in [0.5, 0.6) is 5.75 Å². The second kappa shape index (κ2) is 6.25. The van der Waals surface area contributed by atoms with Crippen LogP contribution in [0.2, 0.25) is 0 Å². The third kappa shape index (κ3) is 3.84. The summed E-state index contributed by atoms with van der Waals surface area (Å²) < 4.78 is 31.3. The minimum atomic E-state index is -3.54. The second-order valence-electron chi connectivity index (χ2n) is 4.92. The number of benzene rings is 1. The van der Waals surface area contributed by atoms with Crippen molar-refractivity contribution >= 4 is 15.7 Å². The molecule has 0 saturated carbocycles. The summed E-state index contributed by atoms with van der Waals surface area (Å²) in [5.74, 6) is 0.724. The van der Waals surface area contributed by atoms with Crippen molar-refractivity contribution in [1.29, 1.82) is 0 Å². The number of rotatable bonds is 6. The lowest BCUT2D eigenvalue weighted by atomic mass is 10.1. The molecular weight excluding hydrogens is 264 g/mol. The molecule has 0 heterocycles. The molecule has 0 radical (unpaired) electrons. The van der Waals surface area contributed by atoms with Crippen LogP contribution in [0.15, 0.2) is 23.1 Å². The molecule has 0 fully saturated rings. The fourth-order valence-corrected chi connectivity index (χ4v) is 2.94. The summed E-state index contributed by atoms with van der Waals surface area (Å²) in [6.45, 7) is 4.60. The first-order valence-electron chi connectivity index (χ1n) is 6.19. The number of nitrogens with two attached hydrogens (primary N) is 1. The molecule has 0 aliphatic rings. The van der Waals surface area contributed by atoms with Crippen molar-refractivity contribution in [2.45, 2.75) is 25.2 Å². The van der Waals surface area contributed by atoms with Crippen molar-refractivity contribution < 1.29 is 13.2 Å². The van der Waals surface area contributed by atoms with Crippen molar-refractivity contribution in [2.75, 3.05) is 26.4 Å². The lowest BCUT2D eigenvalue weighted by molar-refractivity contribution is 0.394. The zero-order valence-electron chi connectivity index (χ0n) is 11.9. The molecule has 0 bridgehead atoms. The van der Waals surface area contributed by atoms with Gasteiger partial charge in [-0.2, -0.15) is 0 Å². The molecule has 0 amide bonds. The van der Waals surface area contributed by atoms with E-state index in [9.17, 15) is 8.42 Å². The SMILES string of the molecule is COc1cc(N)ccc1S(=O)(=O)N(C)CCC(C)C. The van der Waals surface area contributed by atoms with Crippen molar-refractivity contribution in [3.63, 3.8) is 0 Å². The number of nitrogens with zero attached hydrogens (tertiary/aromatic N) is 1. The van der Waals surface area contributed by atoms with E-state index in [4.69, 9.17) is 10.5 Å². The van der Waals surface area contributed by atoms with Gasteiger partial charge in [0.25, 0.3) is 0 Å². The van der Waals surface area contributed by atoms with E-state index in [0.717, 1.165) is 6.42 Å². The molecule has 0 unspecified atom stereocenters. The smallest absolute Gasteiger partial charge is 0.246 e. The van der Waals surface area contributed by atoms with Crippen molar-refractivity contribution in [3.05, 3.63) is 18.2 Å². The Bertz CT molecular complexity index is 527. The van der Waals surface area contributed by atoms with E-state index in [-0.39, 0.29) is 10.6 Å². The fraction of sp³-hybridized carbons (Fsp3) is 0.538. The van der Waals surface area contributed by atoms with Crippen LogP contribution in [0, 0.1) is 5.92 Å². The van der Waals surface area contributed by atoms with Gasteiger partial charge in [0, 0.05) is 25.3 Å². The predicted molar refractivity (Wildman–Crippen MR) is 76.7 cm³/mol. The number of hydrogen-bond acceptors (Lipinski definition) is 4. The van der Waals surface area contributed by atoms with Crippen LogP contribution in [0.1, 0.15) is 20.3 Å². The average molecular weight is 286 g/mol. The largest absolute Gasteiger partial charge is 0.495 e. The molecule has 0 aliphatic carbocycles. The van der Waals surface area contributed by atoms with Gasteiger partial charge < -0.3 is 10.5 Å².